The summed E-state index contributed by atoms with van der Waals surface area (Å²) in [6.07, 6.45) is -0.593. The van der Waals surface area contributed by atoms with Crippen LogP contribution in [0, 0.1) is 5.92 Å². The Balaban J connectivity index is 4.44. The van der Waals surface area contributed by atoms with Gasteiger partial charge >= 0.3 is 11.9 Å². The average Bonchev–Trinajstić information content (AvgIpc) is 2.48. The van der Waals surface area contributed by atoms with Gasteiger partial charge in [0, 0.05) is 6.54 Å². The minimum Gasteiger partial charge on any atom is -0.481 e. The first-order chi connectivity index (χ1) is 11.6. The number of aliphatic carboxylic acids is 1. The number of nitrogens with one attached hydrogen (secondary N) is 3. The highest BCUT2D eigenvalue weighted by molar-refractivity contribution is 5.90. The highest BCUT2D eigenvalue weighted by Crippen LogP contribution is 2.06. The van der Waals surface area contributed by atoms with Gasteiger partial charge in [0.05, 0.1) is 13.0 Å². The van der Waals surface area contributed by atoms with Crippen LogP contribution in [0.2, 0.25) is 0 Å². The Hall–Kier alpha value is -2.36. The van der Waals surface area contributed by atoms with E-state index >= 15 is 0 Å². The lowest BCUT2D eigenvalue weighted by molar-refractivity contribution is -0.459. The van der Waals surface area contributed by atoms with Crippen LogP contribution in [0.1, 0.15) is 39.5 Å². The standard InChI is InChI=1S/C15H29N5O5/c1-9(2)7-10(20-14(25)11(21)8-12(22)23)13(24)18-5-3-4-6-19-15(16)17/h9-11,21H,3-8H2,1-2H3,(H,18,24)(H,20,25)(H,22,23)(H4,16,17,19)/p+1/t10-,11-/m0/s1. The van der Waals surface area contributed by atoms with Gasteiger partial charge in [-0.05, 0) is 25.2 Å². The van der Waals surface area contributed by atoms with Crippen molar-refractivity contribution in [1.29, 1.82) is 0 Å². The fraction of sp³-hybridized carbons (Fsp3) is 0.733. The fourth-order valence-electron chi connectivity index (χ4n) is 2.05. The third-order valence-electron chi connectivity index (χ3n) is 3.24. The van der Waals surface area contributed by atoms with Crippen molar-refractivity contribution in [2.45, 2.75) is 51.7 Å². The Kier molecular flexibility index (Phi) is 10.9. The van der Waals surface area contributed by atoms with Crippen LogP contribution < -0.4 is 27.1 Å². The maximum Gasteiger partial charge on any atom is 0.338 e. The van der Waals surface area contributed by atoms with Gasteiger partial charge in [-0.2, -0.15) is 0 Å². The van der Waals surface area contributed by atoms with Crippen LogP contribution in [0.4, 0.5) is 0 Å². The molecule has 0 spiro atoms. The van der Waals surface area contributed by atoms with E-state index in [2.05, 4.69) is 15.6 Å². The van der Waals surface area contributed by atoms with Crippen molar-refractivity contribution in [3.8, 4) is 0 Å². The van der Waals surface area contributed by atoms with E-state index in [-0.39, 0.29) is 17.8 Å². The summed E-state index contributed by atoms with van der Waals surface area (Å²) in [4.78, 5) is 37.3. The molecule has 0 bridgehead atoms. The number of unbranched alkanes of at least 4 members (excludes halogenated alkanes) is 1. The van der Waals surface area contributed by atoms with Crippen LogP contribution in [0.25, 0.3) is 0 Å². The number of hydrogen-bond acceptors (Lipinski definition) is 4. The molecule has 0 aliphatic carbocycles. The zero-order chi connectivity index (χ0) is 19.4. The smallest absolute Gasteiger partial charge is 0.338 e. The van der Waals surface area contributed by atoms with Crippen LogP contribution >= 0.6 is 0 Å². The lowest BCUT2D eigenvalue weighted by Crippen LogP contribution is -2.78. The molecule has 0 aromatic carbocycles. The van der Waals surface area contributed by atoms with E-state index in [1.54, 1.807) is 0 Å². The van der Waals surface area contributed by atoms with E-state index in [9.17, 15) is 19.5 Å². The maximum absolute atomic E-state index is 12.2. The molecule has 0 radical (unpaired) electrons. The molecular weight excluding hydrogens is 330 g/mol. The molecule has 10 heteroatoms. The molecule has 0 rings (SSSR count). The second-order valence-corrected chi connectivity index (χ2v) is 6.18. The number of rotatable bonds is 12. The molecule has 0 saturated carbocycles. The van der Waals surface area contributed by atoms with E-state index in [0.717, 1.165) is 6.42 Å². The first-order valence-corrected chi connectivity index (χ1v) is 8.23. The number of carbonyl (C=O) groups is 3. The van der Waals surface area contributed by atoms with Gasteiger partial charge in [0.2, 0.25) is 11.8 Å². The SMILES string of the molecule is CC(C)C[C@H](NC(=O)[C@@H](O)CC(=O)O)C(=O)NCCCC[NH+]=C(N)N. The number of hydrogen-bond donors (Lipinski definition) is 7. The molecule has 144 valence electrons. The van der Waals surface area contributed by atoms with Gasteiger partial charge in [-0.3, -0.25) is 30.8 Å². The zero-order valence-electron chi connectivity index (χ0n) is 14.7. The first-order valence-electron chi connectivity index (χ1n) is 8.23. The number of nitrogens with two attached hydrogens (primary N) is 2. The highest BCUT2D eigenvalue weighted by atomic mass is 16.4. The largest absolute Gasteiger partial charge is 0.481 e. The van der Waals surface area contributed by atoms with Gasteiger partial charge in [0.1, 0.15) is 12.1 Å². The number of aliphatic hydroxyl groups excluding tert-OH is 1. The zero-order valence-corrected chi connectivity index (χ0v) is 14.7. The van der Waals surface area contributed by atoms with Gasteiger partial charge in [0.25, 0.3) is 0 Å². The minimum absolute atomic E-state index is 0.125. The van der Waals surface area contributed by atoms with Crippen molar-refractivity contribution in [3.05, 3.63) is 0 Å². The van der Waals surface area contributed by atoms with E-state index in [4.69, 9.17) is 16.6 Å². The number of carboxylic acids is 1. The number of amides is 2. The Morgan fingerprint density at radius 1 is 1.12 bits per heavy atom. The van der Waals surface area contributed by atoms with Crippen molar-refractivity contribution in [3.63, 3.8) is 0 Å². The summed E-state index contributed by atoms with van der Waals surface area (Å²) in [5.74, 6) is -2.27. The molecule has 9 N–H and O–H groups in total. The minimum atomic E-state index is -1.69. The molecule has 0 aromatic rings. The van der Waals surface area contributed by atoms with E-state index in [1.807, 2.05) is 13.8 Å². The summed E-state index contributed by atoms with van der Waals surface area (Å²) >= 11 is 0. The van der Waals surface area contributed by atoms with Gasteiger partial charge in [-0.15, -0.1) is 0 Å². The van der Waals surface area contributed by atoms with Crippen molar-refractivity contribution in [2.24, 2.45) is 17.4 Å². The molecule has 2 amide bonds. The number of carbonyl (C=O) groups excluding carboxylic acids is 2. The summed E-state index contributed by atoms with van der Waals surface area (Å²) in [6, 6.07) is -0.831. The molecule has 2 atom stereocenters. The van der Waals surface area contributed by atoms with Crippen molar-refractivity contribution in [1.82, 2.24) is 10.6 Å². The van der Waals surface area contributed by atoms with Gasteiger partial charge in [-0.25, -0.2) is 0 Å². The highest BCUT2D eigenvalue weighted by Gasteiger charge is 2.26. The molecule has 0 aromatic heterocycles. The second kappa shape index (κ2) is 12.1. The summed E-state index contributed by atoms with van der Waals surface area (Å²) in [7, 11) is 0. The monoisotopic (exact) mass is 360 g/mol. The molecule has 10 nitrogen and oxygen atoms in total. The van der Waals surface area contributed by atoms with Crippen molar-refractivity contribution >= 4 is 23.7 Å². The second-order valence-electron chi connectivity index (χ2n) is 6.18. The molecular formula is C15H30N5O5+. The lowest BCUT2D eigenvalue weighted by Gasteiger charge is -2.21. The Morgan fingerprint density at radius 3 is 2.28 bits per heavy atom. The molecule has 0 fully saturated rings. The van der Waals surface area contributed by atoms with Crippen LogP contribution in [0.5, 0.6) is 0 Å². The quantitative estimate of drug-likeness (QED) is 0.107. The fourth-order valence-corrected chi connectivity index (χ4v) is 2.05. The van der Waals surface area contributed by atoms with Crippen LogP contribution in [-0.4, -0.2) is 59.2 Å². The molecule has 0 aliphatic heterocycles. The normalized spacial score (nSPS) is 13.0. The van der Waals surface area contributed by atoms with Crippen LogP contribution in [0.3, 0.4) is 0 Å². The summed E-state index contributed by atoms with van der Waals surface area (Å²) in [5, 5.41) is 23.2. The van der Waals surface area contributed by atoms with Crippen molar-refractivity contribution < 1.29 is 29.6 Å². The Morgan fingerprint density at radius 2 is 1.76 bits per heavy atom. The predicted octanol–water partition coefficient (Wildman–Crippen LogP) is -3.40. The molecule has 25 heavy (non-hydrogen) atoms. The van der Waals surface area contributed by atoms with Gasteiger partial charge < -0.3 is 20.8 Å². The Labute approximate surface area is 147 Å². The molecule has 0 saturated heterocycles. The molecule has 0 heterocycles. The third kappa shape index (κ3) is 11.8. The van der Waals surface area contributed by atoms with Crippen molar-refractivity contribution in [2.75, 3.05) is 13.1 Å². The first kappa shape index (κ1) is 22.6. The van der Waals surface area contributed by atoms with Gasteiger partial charge in [0.15, 0.2) is 0 Å². The summed E-state index contributed by atoms with van der Waals surface area (Å²) in [5.41, 5.74) is 10.5. The number of guanidine groups is 1. The molecule has 0 aliphatic rings. The van der Waals surface area contributed by atoms with E-state index < -0.39 is 30.4 Å². The maximum atomic E-state index is 12.2. The number of carboxylic acid groups (broad SMARTS) is 1. The molecule has 0 unspecified atom stereocenters. The number of aliphatic hydroxyl groups is 1. The van der Waals surface area contributed by atoms with Gasteiger partial charge in [-0.1, -0.05) is 13.8 Å². The van der Waals surface area contributed by atoms with E-state index in [0.29, 0.717) is 25.9 Å². The van der Waals surface area contributed by atoms with Crippen LogP contribution in [-0.2, 0) is 14.4 Å². The average molecular weight is 360 g/mol. The lowest BCUT2D eigenvalue weighted by atomic mass is 10.0. The topological polar surface area (TPSA) is 182 Å². The Bertz CT molecular complexity index is 477. The third-order valence-corrected chi connectivity index (χ3v) is 3.24. The summed E-state index contributed by atoms with van der Waals surface area (Å²) < 4.78 is 0. The van der Waals surface area contributed by atoms with Crippen LogP contribution in [0.15, 0.2) is 0 Å². The predicted molar refractivity (Wildman–Crippen MR) is 91.1 cm³/mol. The summed E-state index contributed by atoms with van der Waals surface area (Å²) in [6.45, 7) is 4.78. The van der Waals surface area contributed by atoms with E-state index in [1.165, 1.54) is 0 Å².